The van der Waals surface area contributed by atoms with Gasteiger partial charge >= 0.3 is 0 Å². The minimum Gasteiger partial charge on any atom is -0.385 e. The average Bonchev–Trinajstić information content (AvgIpc) is 2.29. The molecule has 1 saturated heterocycles. The minimum atomic E-state index is 0.337. The number of likely N-dealkylation sites (N-methyl/N-ethyl adjacent to an activating group) is 1. The van der Waals surface area contributed by atoms with Crippen molar-refractivity contribution in [2.75, 3.05) is 40.4 Å². The van der Waals surface area contributed by atoms with Crippen LogP contribution in [0.25, 0.3) is 0 Å². The molecule has 1 atom stereocenters. The Hall–Kier alpha value is -0.120. The quantitative estimate of drug-likeness (QED) is 0.740. The lowest BCUT2D eigenvalue weighted by molar-refractivity contribution is 0.144. The predicted molar refractivity (Wildman–Crippen MR) is 73.4 cm³/mol. The van der Waals surface area contributed by atoms with Crippen LogP contribution < -0.4 is 5.32 Å². The lowest BCUT2D eigenvalue weighted by Crippen LogP contribution is -2.45. The fourth-order valence-electron chi connectivity index (χ4n) is 2.45. The van der Waals surface area contributed by atoms with Gasteiger partial charge in [-0.3, -0.25) is 0 Å². The number of hydrogen-bond donors (Lipinski definition) is 1. The highest BCUT2D eigenvalue weighted by Gasteiger charge is 2.21. The molecule has 1 N–H and O–H groups in total. The molecule has 3 heteroatoms. The van der Waals surface area contributed by atoms with E-state index in [1.54, 1.807) is 7.11 Å². The second kappa shape index (κ2) is 7.34. The van der Waals surface area contributed by atoms with E-state index in [0.717, 1.165) is 32.2 Å². The Morgan fingerprint density at radius 2 is 2.12 bits per heavy atom. The van der Waals surface area contributed by atoms with Gasteiger partial charge in [0.15, 0.2) is 0 Å². The Labute approximate surface area is 107 Å². The average molecular weight is 242 g/mol. The molecule has 0 saturated carbocycles. The largest absolute Gasteiger partial charge is 0.385 e. The number of rotatable bonds is 7. The maximum absolute atomic E-state index is 5.16. The molecule has 102 valence electrons. The molecule has 1 rings (SSSR count). The van der Waals surface area contributed by atoms with Gasteiger partial charge in [0.1, 0.15) is 0 Å². The summed E-state index contributed by atoms with van der Waals surface area (Å²) in [6.45, 7) is 8.96. The van der Waals surface area contributed by atoms with Crippen LogP contribution in [0.4, 0.5) is 0 Å². The van der Waals surface area contributed by atoms with Gasteiger partial charge in [-0.15, -0.1) is 0 Å². The van der Waals surface area contributed by atoms with Crippen molar-refractivity contribution in [1.29, 1.82) is 0 Å². The molecule has 1 aliphatic heterocycles. The maximum Gasteiger partial charge on any atom is 0.0467 e. The Morgan fingerprint density at radius 1 is 1.35 bits per heavy atom. The molecule has 0 bridgehead atoms. The molecule has 1 unspecified atom stereocenters. The molecule has 3 nitrogen and oxygen atoms in total. The van der Waals surface area contributed by atoms with Gasteiger partial charge in [0.25, 0.3) is 0 Å². The van der Waals surface area contributed by atoms with Gasteiger partial charge in [0.05, 0.1) is 0 Å². The van der Waals surface area contributed by atoms with Crippen LogP contribution in [0.2, 0.25) is 0 Å². The summed E-state index contributed by atoms with van der Waals surface area (Å²) in [5.74, 6) is 0. The van der Waals surface area contributed by atoms with E-state index in [1.165, 1.54) is 25.8 Å². The van der Waals surface area contributed by atoms with Crippen LogP contribution in [0.3, 0.4) is 0 Å². The first-order valence-electron chi connectivity index (χ1n) is 6.95. The highest BCUT2D eigenvalue weighted by Crippen LogP contribution is 2.19. The molecule has 0 aromatic rings. The first kappa shape index (κ1) is 14.9. The molecule has 0 amide bonds. The molecule has 0 aromatic heterocycles. The van der Waals surface area contributed by atoms with E-state index in [-0.39, 0.29) is 0 Å². The third-order valence-electron chi connectivity index (χ3n) is 3.89. The Kier molecular flexibility index (Phi) is 6.45. The van der Waals surface area contributed by atoms with Crippen LogP contribution in [-0.2, 0) is 4.74 Å². The molecule has 1 aliphatic rings. The van der Waals surface area contributed by atoms with Crippen LogP contribution in [-0.4, -0.2) is 51.3 Å². The summed E-state index contributed by atoms with van der Waals surface area (Å²) in [5, 5.41) is 3.64. The third-order valence-corrected chi connectivity index (χ3v) is 3.89. The van der Waals surface area contributed by atoms with Crippen molar-refractivity contribution in [3.8, 4) is 0 Å². The van der Waals surface area contributed by atoms with Crippen LogP contribution in [0.15, 0.2) is 0 Å². The standard InChI is InChI=1S/C14H30N2O/c1-14(2,8-10-17-4)12-15-11-13-7-5-6-9-16(13)3/h13,15H,5-12H2,1-4H3. The number of nitrogens with one attached hydrogen (secondary N) is 1. The third kappa shape index (κ3) is 5.84. The van der Waals surface area contributed by atoms with E-state index in [2.05, 4.69) is 31.1 Å². The summed E-state index contributed by atoms with van der Waals surface area (Å²) < 4.78 is 5.16. The summed E-state index contributed by atoms with van der Waals surface area (Å²) in [6.07, 6.45) is 5.23. The van der Waals surface area contributed by atoms with Gasteiger partial charge in [0, 0.05) is 32.8 Å². The zero-order chi connectivity index (χ0) is 12.7. The minimum absolute atomic E-state index is 0.337. The van der Waals surface area contributed by atoms with E-state index < -0.39 is 0 Å². The number of hydrogen-bond acceptors (Lipinski definition) is 3. The van der Waals surface area contributed by atoms with Gasteiger partial charge in [-0.1, -0.05) is 20.3 Å². The van der Waals surface area contributed by atoms with Crippen molar-refractivity contribution >= 4 is 0 Å². The van der Waals surface area contributed by atoms with E-state index in [1.807, 2.05) is 0 Å². The van der Waals surface area contributed by atoms with Gasteiger partial charge in [-0.05, 0) is 38.3 Å². The van der Waals surface area contributed by atoms with Crippen molar-refractivity contribution in [1.82, 2.24) is 10.2 Å². The van der Waals surface area contributed by atoms with Crippen LogP contribution in [0.5, 0.6) is 0 Å². The fourth-order valence-corrected chi connectivity index (χ4v) is 2.45. The van der Waals surface area contributed by atoms with Gasteiger partial charge in [-0.2, -0.15) is 0 Å². The molecular weight excluding hydrogens is 212 g/mol. The Balaban J connectivity index is 2.17. The van der Waals surface area contributed by atoms with E-state index in [0.29, 0.717) is 5.41 Å². The van der Waals surface area contributed by atoms with Crippen molar-refractivity contribution in [2.45, 2.75) is 45.6 Å². The van der Waals surface area contributed by atoms with Gasteiger partial charge < -0.3 is 15.0 Å². The normalized spacial score (nSPS) is 22.9. The molecule has 0 aromatic carbocycles. The molecule has 17 heavy (non-hydrogen) atoms. The summed E-state index contributed by atoms with van der Waals surface area (Å²) in [5.41, 5.74) is 0.337. The van der Waals surface area contributed by atoms with Crippen molar-refractivity contribution in [3.63, 3.8) is 0 Å². The van der Waals surface area contributed by atoms with Crippen molar-refractivity contribution < 1.29 is 4.74 Å². The van der Waals surface area contributed by atoms with Crippen LogP contribution in [0, 0.1) is 5.41 Å². The van der Waals surface area contributed by atoms with Gasteiger partial charge in [-0.25, -0.2) is 0 Å². The zero-order valence-electron chi connectivity index (χ0n) is 12.1. The highest BCUT2D eigenvalue weighted by molar-refractivity contribution is 4.78. The van der Waals surface area contributed by atoms with E-state index in [9.17, 15) is 0 Å². The number of likely N-dealkylation sites (tertiary alicyclic amines) is 1. The number of ether oxygens (including phenoxy) is 1. The predicted octanol–water partition coefficient (Wildman–Crippen LogP) is 2.12. The number of methoxy groups -OCH3 is 1. The van der Waals surface area contributed by atoms with Crippen molar-refractivity contribution in [2.24, 2.45) is 5.41 Å². The summed E-state index contributed by atoms with van der Waals surface area (Å²) in [6, 6.07) is 0.738. The number of piperidine rings is 1. The van der Waals surface area contributed by atoms with E-state index >= 15 is 0 Å². The lowest BCUT2D eigenvalue weighted by atomic mass is 9.89. The molecule has 0 radical (unpaired) electrons. The van der Waals surface area contributed by atoms with Crippen molar-refractivity contribution in [3.05, 3.63) is 0 Å². The first-order valence-corrected chi connectivity index (χ1v) is 6.95. The monoisotopic (exact) mass is 242 g/mol. The molecule has 0 spiro atoms. The lowest BCUT2D eigenvalue weighted by Gasteiger charge is -2.34. The molecular formula is C14H30N2O. The van der Waals surface area contributed by atoms with E-state index in [4.69, 9.17) is 4.74 Å². The summed E-state index contributed by atoms with van der Waals surface area (Å²) in [7, 11) is 4.03. The molecule has 1 fully saturated rings. The van der Waals surface area contributed by atoms with Gasteiger partial charge in [0.2, 0.25) is 0 Å². The smallest absolute Gasteiger partial charge is 0.0467 e. The van der Waals surface area contributed by atoms with Crippen LogP contribution in [0.1, 0.15) is 39.5 Å². The SMILES string of the molecule is COCCC(C)(C)CNCC1CCCCN1C. The molecule has 1 heterocycles. The first-order chi connectivity index (χ1) is 8.05. The number of nitrogens with zero attached hydrogens (tertiary/aromatic N) is 1. The fraction of sp³-hybridized carbons (Fsp3) is 1.00. The topological polar surface area (TPSA) is 24.5 Å². The maximum atomic E-state index is 5.16. The summed E-state index contributed by atoms with van der Waals surface area (Å²) in [4.78, 5) is 2.50. The Morgan fingerprint density at radius 3 is 2.76 bits per heavy atom. The highest BCUT2D eigenvalue weighted by atomic mass is 16.5. The zero-order valence-corrected chi connectivity index (χ0v) is 12.1. The second-order valence-corrected chi connectivity index (χ2v) is 6.17. The Bertz CT molecular complexity index is 206. The summed E-state index contributed by atoms with van der Waals surface area (Å²) >= 11 is 0. The van der Waals surface area contributed by atoms with Crippen LogP contribution >= 0.6 is 0 Å². The second-order valence-electron chi connectivity index (χ2n) is 6.17. The molecule has 0 aliphatic carbocycles.